The molecule has 0 spiro atoms. The molecule has 162 valence electrons. The highest BCUT2D eigenvalue weighted by Gasteiger charge is 2.42. The van der Waals surface area contributed by atoms with E-state index in [1.54, 1.807) is 6.92 Å². The maximum Gasteiger partial charge on any atom is 0.322 e. The van der Waals surface area contributed by atoms with Gasteiger partial charge in [-0.25, -0.2) is 4.79 Å². The van der Waals surface area contributed by atoms with Crippen LogP contribution in [-0.2, 0) is 11.2 Å². The molecule has 2 heterocycles. The minimum Gasteiger partial charge on any atom is -0.339 e. The highest BCUT2D eigenvalue weighted by molar-refractivity contribution is 7.99. The quantitative estimate of drug-likeness (QED) is 0.536. The van der Waals surface area contributed by atoms with Gasteiger partial charge in [-0.05, 0) is 49.8 Å². The molecule has 0 bridgehead atoms. The van der Waals surface area contributed by atoms with Crippen LogP contribution in [0.2, 0.25) is 0 Å². The Bertz CT molecular complexity index is 973. The van der Waals surface area contributed by atoms with Gasteiger partial charge in [0.05, 0.1) is 5.56 Å². The van der Waals surface area contributed by atoms with Crippen molar-refractivity contribution in [3.05, 3.63) is 65.7 Å². The topological polar surface area (TPSA) is 78.5 Å². The van der Waals surface area contributed by atoms with Crippen molar-refractivity contribution < 1.29 is 14.4 Å². The number of carbonyl (C=O) groups is 3. The van der Waals surface area contributed by atoms with Crippen molar-refractivity contribution in [3.63, 3.8) is 0 Å². The van der Waals surface area contributed by atoms with Crippen LogP contribution in [0.3, 0.4) is 0 Å². The largest absolute Gasteiger partial charge is 0.339 e. The Morgan fingerprint density at radius 2 is 1.74 bits per heavy atom. The monoisotopic (exact) mass is 437 g/mol. The molecule has 2 fully saturated rings. The van der Waals surface area contributed by atoms with E-state index in [2.05, 4.69) is 34.9 Å². The number of hydrogen-bond donors (Lipinski definition) is 2. The highest BCUT2D eigenvalue weighted by atomic mass is 32.2. The van der Waals surface area contributed by atoms with Crippen molar-refractivity contribution in [2.24, 2.45) is 5.92 Å². The maximum absolute atomic E-state index is 13.2. The number of likely N-dealkylation sites (tertiary alicyclic amines) is 1. The van der Waals surface area contributed by atoms with Crippen LogP contribution in [0.25, 0.3) is 0 Å². The van der Waals surface area contributed by atoms with Crippen LogP contribution in [0.15, 0.2) is 59.5 Å². The number of nitrogens with one attached hydrogen (secondary N) is 2. The van der Waals surface area contributed by atoms with Gasteiger partial charge in [-0.1, -0.05) is 42.5 Å². The van der Waals surface area contributed by atoms with Crippen LogP contribution in [-0.4, -0.2) is 47.1 Å². The molecular formula is C24H27N3O3S. The number of rotatable bonds is 6. The van der Waals surface area contributed by atoms with Crippen molar-refractivity contribution in [1.29, 1.82) is 0 Å². The normalized spacial score (nSPS) is 21.6. The summed E-state index contributed by atoms with van der Waals surface area (Å²) in [5.74, 6) is 0.648. The zero-order chi connectivity index (χ0) is 21.8. The lowest BCUT2D eigenvalue weighted by molar-refractivity contribution is -0.122. The van der Waals surface area contributed by atoms with E-state index in [4.69, 9.17) is 0 Å². The second kappa shape index (κ2) is 9.14. The molecule has 0 aromatic heterocycles. The maximum atomic E-state index is 13.2. The lowest BCUT2D eigenvalue weighted by Gasteiger charge is -2.32. The summed E-state index contributed by atoms with van der Waals surface area (Å²) in [6.07, 6.45) is 3.06. The van der Waals surface area contributed by atoms with Crippen LogP contribution >= 0.6 is 11.8 Å². The smallest absolute Gasteiger partial charge is 0.322 e. The van der Waals surface area contributed by atoms with E-state index < -0.39 is 11.6 Å². The number of piperidine rings is 1. The van der Waals surface area contributed by atoms with Crippen LogP contribution in [0.5, 0.6) is 0 Å². The number of carbonyl (C=O) groups excluding carboxylic acids is 3. The number of hydrogen-bond acceptors (Lipinski definition) is 4. The lowest BCUT2D eigenvalue weighted by atomic mass is 9.90. The number of amides is 4. The van der Waals surface area contributed by atoms with E-state index in [-0.39, 0.29) is 11.8 Å². The molecule has 31 heavy (non-hydrogen) atoms. The third-order valence-electron chi connectivity index (χ3n) is 6.02. The molecule has 1 unspecified atom stereocenters. The summed E-state index contributed by atoms with van der Waals surface area (Å²) in [7, 11) is 0. The van der Waals surface area contributed by atoms with Crippen LogP contribution < -0.4 is 10.6 Å². The van der Waals surface area contributed by atoms with Crippen LogP contribution in [0.1, 0.15) is 35.7 Å². The molecule has 2 aromatic carbocycles. The number of thioether (sulfide) groups is 1. The molecule has 2 aliphatic rings. The Hall–Kier alpha value is -2.80. The third kappa shape index (κ3) is 4.93. The number of imide groups is 1. The minimum atomic E-state index is -0.978. The molecule has 2 aromatic rings. The Kier molecular flexibility index (Phi) is 6.32. The van der Waals surface area contributed by atoms with Gasteiger partial charge >= 0.3 is 6.03 Å². The van der Waals surface area contributed by atoms with Gasteiger partial charge in [-0.2, -0.15) is 0 Å². The van der Waals surface area contributed by atoms with Crippen molar-refractivity contribution in [3.8, 4) is 0 Å². The SMILES string of the molecule is CC1(CSc2ccccc2C(=O)N2CCC(Cc3ccccc3)CC2)NC(=O)NC1=O. The molecule has 2 N–H and O–H groups in total. The van der Waals surface area contributed by atoms with Crippen molar-refractivity contribution in [1.82, 2.24) is 15.5 Å². The highest BCUT2D eigenvalue weighted by Crippen LogP contribution is 2.30. The molecule has 0 saturated carbocycles. The van der Waals surface area contributed by atoms with Crippen molar-refractivity contribution >= 4 is 29.6 Å². The zero-order valence-electron chi connectivity index (χ0n) is 17.6. The molecule has 2 aliphatic heterocycles. The predicted molar refractivity (Wildman–Crippen MR) is 121 cm³/mol. The molecule has 1 atom stereocenters. The van der Waals surface area contributed by atoms with E-state index in [1.807, 2.05) is 35.2 Å². The van der Waals surface area contributed by atoms with Gasteiger partial charge in [0.1, 0.15) is 5.54 Å². The Morgan fingerprint density at radius 1 is 1.06 bits per heavy atom. The minimum absolute atomic E-state index is 0.0336. The Morgan fingerprint density at radius 3 is 2.42 bits per heavy atom. The van der Waals surface area contributed by atoms with Crippen LogP contribution in [0.4, 0.5) is 4.79 Å². The fourth-order valence-electron chi connectivity index (χ4n) is 4.13. The first kappa shape index (κ1) is 21.4. The first-order valence-electron chi connectivity index (χ1n) is 10.6. The summed E-state index contributed by atoms with van der Waals surface area (Å²) in [6, 6.07) is 17.5. The van der Waals surface area contributed by atoms with E-state index in [1.165, 1.54) is 17.3 Å². The molecule has 0 aliphatic carbocycles. The van der Waals surface area contributed by atoms with E-state index in [0.717, 1.165) is 37.2 Å². The summed E-state index contributed by atoms with van der Waals surface area (Å²) >= 11 is 1.42. The molecule has 6 nitrogen and oxygen atoms in total. The van der Waals surface area contributed by atoms with Gasteiger partial charge < -0.3 is 10.2 Å². The fourth-order valence-corrected chi connectivity index (χ4v) is 5.26. The summed E-state index contributed by atoms with van der Waals surface area (Å²) < 4.78 is 0. The molecule has 0 radical (unpaired) electrons. The van der Waals surface area contributed by atoms with Crippen molar-refractivity contribution in [2.75, 3.05) is 18.8 Å². The first-order valence-corrected chi connectivity index (χ1v) is 11.6. The van der Waals surface area contributed by atoms with Gasteiger partial charge in [0.15, 0.2) is 0 Å². The predicted octanol–water partition coefficient (Wildman–Crippen LogP) is 3.47. The first-order chi connectivity index (χ1) is 14.9. The van der Waals surface area contributed by atoms with E-state index >= 15 is 0 Å². The number of nitrogens with zero attached hydrogens (tertiary/aromatic N) is 1. The van der Waals surface area contributed by atoms with Gasteiger partial charge in [0, 0.05) is 23.7 Å². The molecule has 4 rings (SSSR count). The summed E-state index contributed by atoms with van der Waals surface area (Å²) in [6.45, 7) is 3.21. The Labute approximate surface area is 186 Å². The van der Waals surface area contributed by atoms with Gasteiger partial charge in [0.2, 0.25) is 0 Å². The number of urea groups is 1. The average molecular weight is 438 g/mol. The van der Waals surface area contributed by atoms with Gasteiger partial charge in [-0.15, -0.1) is 11.8 Å². The fraction of sp³-hybridized carbons (Fsp3) is 0.375. The molecule has 4 amide bonds. The standard InChI is InChI=1S/C24H27N3O3S/c1-24(22(29)25-23(30)26-24)16-31-20-10-6-5-9-19(20)21(28)27-13-11-18(12-14-27)15-17-7-3-2-4-8-17/h2-10,18H,11-16H2,1H3,(H2,25,26,29,30). The summed E-state index contributed by atoms with van der Waals surface area (Å²) in [5, 5.41) is 4.95. The molecule has 2 saturated heterocycles. The lowest BCUT2D eigenvalue weighted by Crippen LogP contribution is -2.46. The van der Waals surface area contributed by atoms with E-state index in [9.17, 15) is 14.4 Å². The average Bonchev–Trinajstić information content (AvgIpc) is 3.04. The zero-order valence-corrected chi connectivity index (χ0v) is 18.4. The number of benzene rings is 2. The van der Waals surface area contributed by atoms with Crippen LogP contribution in [0, 0.1) is 5.92 Å². The van der Waals surface area contributed by atoms with Crippen molar-refractivity contribution in [2.45, 2.75) is 36.6 Å². The molecular weight excluding hydrogens is 410 g/mol. The second-order valence-electron chi connectivity index (χ2n) is 8.45. The van der Waals surface area contributed by atoms with Gasteiger partial charge in [-0.3, -0.25) is 14.9 Å². The van der Waals surface area contributed by atoms with Gasteiger partial charge in [0.25, 0.3) is 11.8 Å². The Balaban J connectivity index is 1.37. The second-order valence-corrected chi connectivity index (χ2v) is 9.47. The van der Waals surface area contributed by atoms with E-state index in [0.29, 0.717) is 17.2 Å². The summed E-state index contributed by atoms with van der Waals surface area (Å²) in [4.78, 5) is 39.6. The molecule has 7 heteroatoms. The third-order valence-corrected chi connectivity index (χ3v) is 7.41. The summed E-state index contributed by atoms with van der Waals surface area (Å²) in [5.41, 5.74) is 1.03.